The van der Waals surface area contributed by atoms with Crippen molar-refractivity contribution < 1.29 is 9.59 Å². The summed E-state index contributed by atoms with van der Waals surface area (Å²) < 4.78 is 0. The van der Waals surface area contributed by atoms with Gasteiger partial charge in [0.15, 0.2) is 0 Å². The van der Waals surface area contributed by atoms with Crippen LogP contribution in [0.1, 0.15) is 12.5 Å². The van der Waals surface area contributed by atoms with Gasteiger partial charge >= 0.3 is 0 Å². The van der Waals surface area contributed by atoms with Crippen molar-refractivity contribution >= 4 is 33.8 Å². The average molecular weight is 354 g/mol. The largest absolute Gasteiger partial charge is 0.282 e. The fraction of sp³-hybridized carbons (Fsp3) is 0.100. The summed E-state index contributed by atoms with van der Waals surface area (Å²) in [7, 11) is 0. The number of rotatable bonds is 5. The Balaban J connectivity index is 2.19. The SMILES string of the molecule is C=CC(=O)Sc1ccc(-c2ccc(SC(=O)C(=C)C)cc2)c(C)c1. The number of carbonyl (C=O) groups is 2. The molecule has 0 aromatic heterocycles. The van der Waals surface area contributed by atoms with Crippen LogP contribution in [0.5, 0.6) is 0 Å². The number of aryl methyl sites for hydroxylation is 1. The molecular formula is C20H18O2S2. The van der Waals surface area contributed by atoms with E-state index in [9.17, 15) is 9.59 Å². The summed E-state index contributed by atoms with van der Waals surface area (Å²) in [5.41, 5.74) is 3.82. The molecule has 0 saturated carbocycles. The minimum atomic E-state index is -0.0642. The maximum atomic E-state index is 11.7. The summed E-state index contributed by atoms with van der Waals surface area (Å²) in [6.45, 7) is 10.9. The van der Waals surface area contributed by atoms with Gasteiger partial charge in [0.2, 0.25) is 10.2 Å². The van der Waals surface area contributed by atoms with E-state index < -0.39 is 0 Å². The molecule has 0 aliphatic heterocycles. The molecule has 2 nitrogen and oxygen atoms in total. The van der Waals surface area contributed by atoms with Crippen LogP contribution in [0.25, 0.3) is 11.1 Å². The normalized spacial score (nSPS) is 10.2. The highest BCUT2D eigenvalue weighted by molar-refractivity contribution is 8.14. The second-order valence-electron chi connectivity index (χ2n) is 5.30. The summed E-state index contributed by atoms with van der Waals surface area (Å²) in [6, 6.07) is 13.8. The fourth-order valence-electron chi connectivity index (χ4n) is 2.08. The summed E-state index contributed by atoms with van der Waals surface area (Å²) in [5, 5.41) is -0.0853. The van der Waals surface area contributed by atoms with E-state index in [1.165, 1.54) is 29.6 Å². The van der Waals surface area contributed by atoms with Crippen molar-refractivity contribution in [2.75, 3.05) is 0 Å². The Hall–Kier alpha value is -2.04. The van der Waals surface area contributed by atoms with Crippen LogP contribution >= 0.6 is 23.5 Å². The molecule has 0 spiro atoms. The van der Waals surface area contributed by atoms with Gasteiger partial charge in [-0.15, -0.1) is 0 Å². The predicted molar refractivity (Wildman–Crippen MR) is 103 cm³/mol. The molecule has 2 rings (SSSR count). The molecule has 0 atom stereocenters. The van der Waals surface area contributed by atoms with E-state index in [0.29, 0.717) is 5.57 Å². The quantitative estimate of drug-likeness (QED) is 0.512. The monoisotopic (exact) mass is 354 g/mol. The highest BCUT2D eigenvalue weighted by atomic mass is 32.2. The van der Waals surface area contributed by atoms with Crippen molar-refractivity contribution in [1.29, 1.82) is 0 Å². The Labute approximate surface area is 151 Å². The van der Waals surface area contributed by atoms with Crippen molar-refractivity contribution in [3.63, 3.8) is 0 Å². The zero-order valence-electron chi connectivity index (χ0n) is 13.7. The molecule has 0 bridgehead atoms. The van der Waals surface area contributed by atoms with Crippen molar-refractivity contribution in [1.82, 2.24) is 0 Å². The lowest BCUT2D eigenvalue weighted by atomic mass is 10.0. The van der Waals surface area contributed by atoms with Gasteiger partial charge in [-0.25, -0.2) is 0 Å². The lowest BCUT2D eigenvalue weighted by Crippen LogP contribution is -1.91. The number of hydrogen-bond acceptors (Lipinski definition) is 4. The Morgan fingerprint density at radius 2 is 1.62 bits per heavy atom. The smallest absolute Gasteiger partial charge is 0.219 e. The fourth-order valence-corrected chi connectivity index (χ4v) is 3.43. The van der Waals surface area contributed by atoms with E-state index in [1.54, 1.807) is 6.92 Å². The van der Waals surface area contributed by atoms with Crippen LogP contribution in [0.4, 0.5) is 0 Å². The molecule has 122 valence electrons. The van der Waals surface area contributed by atoms with Crippen LogP contribution in [0, 0.1) is 6.92 Å². The molecule has 2 aromatic carbocycles. The molecule has 0 heterocycles. The standard InChI is InChI=1S/C20H18O2S2/c1-5-19(21)23-17-10-11-18(14(4)12-17)15-6-8-16(9-7-15)24-20(22)13(2)3/h5-12H,1-2H2,3-4H3. The first-order chi connectivity index (χ1) is 11.4. The number of carbonyl (C=O) groups excluding carboxylic acids is 2. The Morgan fingerprint density at radius 3 is 2.17 bits per heavy atom. The van der Waals surface area contributed by atoms with Gasteiger partial charge in [-0.05, 0) is 90.0 Å². The lowest BCUT2D eigenvalue weighted by Gasteiger charge is -2.09. The maximum absolute atomic E-state index is 11.7. The second kappa shape index (κ2) is 8.18. The molecule has 0 amide bonds. The number of thioether (sulfide) groups is 2. The van der Waals surface area contributed by atoms with Gasteiger partial charge in [0.05, 0.1) is 0 Å². The van der Waals surface area contributed by atoms with Crippen LogP contribution in [-0.4, -0.2) is 10.2 Å². The number of hydrogen-bond donors (Lipinski definition) is 0. The Kier molecular flexibility index (Phi) is 6.23. The first-order valence-corrected chi connectivity index (χ1v) is 8.97. The second-order valence-corrected chi connectivity index (χ2v) is 7.42. The molecule has 0 aliphatic rings. The van der Waals surface area contributed by atoms with Crippen molar-refractivity contribution in [3.8, 4) is 11.1 Å². The van der Waals surface area contributed by atoms with Gasteiger partial charge in [-0.3, -0.25) is 9.59 Å². The van der Waals surface area contributed by atoms with Crippen molar-refractivity contribution in [2.24, 2.45) is 0 Å². The summed E-state index contributed by atoms with van der Waals surface area (Å²) in [5.74, 6) is 0. The van der Waals surface area contributed by atoms with E-state index in [-0.39, 0.29) is 10.2 Å². The van der Waals surface area contributed by atoms with E-state index in [2.05, 4.69) is 13.2 Å². The highest BCUT2D eigenvalue weighted by Gasteiger charge is 2.08. The molecule has 0 N–H and O–H groups in total. The van der Waals surface area contributed by atoms with Crippen LogP contribution in [-0.2, 0) is 9.59 Å². The Morgan fingerprint density at radius 1 is 1.00 bits per heavy atom. The minimum absolute atomic E-state index is 0.0211. The van der Waals surface area contributed by atoms with E-state index in [0.717, 1.165) is 26.5 Å². The van der Waals surface area contributed by atoms with Gasteiger partial charge in [-0.1, -0.05) is 31.4 Å². The van der Waals surface area contributed by atoms with E-state index in [1.807, 2.05) is 49.4 Å². The van der Waals surface area contributed by atoms with Gasteiger partial charge in [-0.2, -0.15) is 0 Å². The highest BCUT2D eigenvalue weighted by Crippen LogP contribution is 2.30. The minimum Gasteiger partial charge on any atom is -0.282 e. The topological polar surface area (TPSA) is 34.1 Å². The molecule has 0 fully saturated rings. The summed E-state index contributed by atoms with van der Waals surface area (Å²) >= 11 is 2.35. The third-order valence-electron chi connectivity index (χ3n) is 3.31. The molecule has 24 heavy (non-hydrogen) atoms. The first kappa shape index (κ1) is 18.3. The molecule has 0 unspecified atom stereocenters. The van der Waals surface area contributed by atoms with Crippen LogP contribution in [0.15, 0.2) is 77.1 Å². The molecule has 2 aromatic rings. The molecule has 0 aliphatic carbocycles. The van der Waals surface area contributed by atoms with Crippen molar-refractivity contribution in [3.05, 3.63) is 72.8 Å². The molecule has 4 heteroatoms. The van der Waals surface area contributed by atoms with Crippen LogP contribution in [0.3, 0.4) is 0 Å². The Bertz CT molecular complexity index is 805. The van der Waals surface area contributed by atoms with Crippen LogP contribution in [0.2, 0.25) is 0 Å². The molecule has 0 radical (unpaired) electrons. The zero-order valence-corrected chi connectivity index (χ0v) is 15.3. The van der Waals surface area contributed by atoms with Gasteiger partial charge in [0.1, 0.15) is 0 Å². The third kappa shape index (κ3) is 4.73. The summed E-state index contributed by atoms with van der Waals surface area (Å²) in [4.78, 5) is 24.9. The summed E-state index contributed by atoms with van der Waals surface area (Å²) in [6.07, 6.45) is 1.32. The molecule has 0 saturated heterocycles. The van der Waals surface area contributed by atoms with Crippen LogP contribution < -0.4 is 0 Å². The third-order valence-corrected chi connectivity index (χ3v) is 5.21. The maximum Gasteiger partial charge on any atom is 0.219 e. The lowest BCUT2D eigenvalue weighted by molar-refractivity contribution is -0.108. The van der Waals surface area contributed by atoms with Gasteiger partial charge in [0.25, 0.3) is 0 Å². The van der Waals surface area contributed by atoms with E-state index >= 15 is 0 Å². The number of benzene rings is 2. The predicted octanol–water partition coefficient (Wildman–Crippen LogP) is 5.66. The van der Waals surface area contributed by atoms with E-state index in [4.69, 9.17) is 0 Å². The van der Waals surface area contributed by atoms with Gasteiger partial charge in [0, 0.05) is 9.79 Å². The van der Waals surface area contributed by atoms with Gasteiger partial charge < -0.3 is 0 Å². The molecular weight excluding hydrogens is 336 g/mol. The average Bonchev–Trinajstić information content (AvgIpc) is 2.55. The zero-order chi connectivity index (χ0) is 17.7. The van der Waals surface area contributed by atoms with Crippen molar-refractivity contribution in [2.45, 2.75) is 23.6 Å². The first-order valence-electron chi connectivity index (χ1n) is 7.33.